The molecule has 1 saturated carbocycles. The highest BCUT2D eigenvalue weighted by Crippen LogP contribution is 2.46. The Kier molecular flexibility index (Phi) is 7.61. The van der Waals surface area contributed by atoms with Crippen LogP contribution in [0.2, 0.25) is 0 Å². The van der Waals surface area contributed by atoms with E-state index >= 15 is 0 Å². The fraction of sp³-hybridized carbons (Fsp3) is 0.636. The molecule has 0 heterocycles. The number of hydrogen-bond acceptors (Lipinski definition) is 3. The number of benzene rings is 1. The molecule has 0 saturated heterocycles. The van der Waals surface area contributed by atoms with E-state index in [1.165, 1.54) is 5.56 Å². The summed E-state index contributed by atoms with van der Waals surface area (Å²) in [6.07, 6.45) is 7.48. The normalized spacial score (nSPS) is 23.9. The highest BCUT2D eigenvalue weighted by Gasteiger charge is 2.41. The first-order valence-corrected chi connectivity index (χ1v) is 9.94. The third-order valence-electron chi connectivity index (χ3n) is 5.32. The maximum absolute atomic E-state index is 12.3. The van der Waals surface area contributed by atoms with Gasteiger partial charge in [0, 0.05) is 12.6 Å². The second-order valence-corrected chi connectivity index (χ2v) is 9.01. The Labute approximate surface area is 163 Å². The first-order valence-electron chi connectivity index (χ1n) is 9.94. The van der Waals surface area contributed by atoms with Gasteiger partial charge in [0.2, 0.25) is 6.08 Å². The minimum Gasteiger partial charge on any atom is -0.338 e. The van der Waals surface area contributed by atoms with Gasteiger partial charge in [-0.3, -0.25) is 0 Å². The maximum atomic E-state index is 12.3. The number of unbranched alkanes of at least 4 members (excludes halogenated alkanes) is 1. The third kappa shape index (κ3) is 7.56. The first-order chi connectivity index (χ1) is 12.8. The molecule has 1 fully saturated rings. The second-order valence-electron chi connectivity index (χ2n) is 9.01. The number of amides is 2. The SMILES string of the molecule is CC1(C)CC(NC(=O)NCCCCc2ccccc2)CC(C)(CN=C=O)C1. The lowest BCUT2D eigenvalue weighted by Gasteiger charge is -2.46. The average molecular weight is 372 g/mol. The molecule has 0 aromatic heterocycles. The van der Waals surface area contributed by atoms with Crippen LogP contribution in [-0.2, 0) is 11.2 Å². The summed E-state index contributed by atoms with van der Waals surface area (Å²) >= 11 is 0. The number of nitrogens with zero attached hydrogens (tertiary/aromatic N) is 1. The Bertz CT molecular complexity index is 653. The van der Waals surface area contributed by atoms with E-state index in [0.29, 0.717) is 13.1 Å². The molecule has 2 atom stereocenters. The highest BCUT2D eigenvalue weighted by atomic mass is 16.2. The lowest BCUT2D eigenvalue weighted by Crippen LogP contribution is -2.50. The summed E-state index contributed by atoms with van der Waals surface area (Å²) in [5, 5.41) is 6.10. The molecule has 0 bridgehead atoms. The van der Waals surface area contributed by atoms with Gasteiger partial charge in [-0.1, -0.05) is 51.1 Å². The molecule has 2 amide bonds. The van der Waals surface area contributed by atoms with Crippen molar-refractivity contribution in [3.05, 3.63) is 35.9 Å². The molecule has 1 aliphatic rings. The van der Waals surface area contributed by atoms with Crippen LogP contribution in [0.4, 0.5) is 4.79 Å². The molecule has 2 N–H and O–H groups in total. The number of nitrogens with one attached hydrogen (secondary N) is 2. The van der Waals surface area contributed by atoms with Gasteiger partial charge in [0.05, 0.1) is 6.54 Å². The maximum Gasteiger partial charge on any atom is 0.315 e. The smallest absolute Gasteiger partial charge is 0.315 e. The summed E-state index contributed by atoms with van der Waals surface area (Å²) in [6.45, 7) is 7.72. The second kappa shape index (κ2) is 9.70. The van der Waals surface area contributed by atoms with Crippen molar-refractivity contribution in [3.8, 4) is 0 Å². The van der Waals surface area contributed by atoms with Crippen molar-refractivity contribution in [2.24, 2.45) is 15.8 Å². The fourth-order valence-corrected chi connectivity index (χ4v) is 4.62. The van der Waals surface area contributed by atoms with Crippen LogP contribution in [0, 0.1) is 10.8 Å². The largest absolute Gasteiger partial charge is 0.338 e. The summed E-state index contributed by atoms with van der Waals surface area (Å²) in [6, 6.07) is 10.4. The summed E-state index contributed by atoms with van der Waals surface area (Å²) in [5.41, 5.74) is 1.37. The van der Waals surface area contributed by atoms with Gasteiger partial charge in [0.1, 0.15) is 0 Å². The Hall–Kier alpha value is -2.13. The molecule has 5 heteroatoms. The van der Waals surface area contributed by atoms with Crippen LogP contribution in [-0.4, -0.2) is 31.2 Å². The summed E-state index contributed by atoms with van der Waals surface area (Å²) < 4.78 is 0. The van der Waals surface area contributed by atoms with Crippen LogP contribution in [0.5, 0.6) is 0 Å². The van der Waals surface area contributed by atoms with Gasteiger partial charge in [-0.05, 0) is 54.9 Å². The summed E-state index contributed by atoms with van der Waals surface area (Å²) in [5.74, 6) is 0. The van der Waals surface area contributed by atoms with E-state index in [-0.39, 0.29) is 22.9 Å². The molecule has 5 nitrogen and oxygen atoms in total. The number of hydrogen-bond donors (Lipinski definition) is 2. The standard InChI is InChI=1S/C22H33N3O2/c1-21(2)13-19(14-22(3,15-21)16-23-17-26)25-20(27)24-12-8-7-11-18-9-5-4-6-10-18/h4-6,9-10,19H,7-8,11-16H2,1-3H3,(H2,24,25,27). The van der Waals surface area contributed by atoms with Gasteiger partial charge in [-0.2, -0.15) is 0 Å². The number of carbonyl (C=O) groups excluding carboxylic acids is 2. The van der Waals surface area contributed by atoms with Crippen molar-refractivity contribution in [2.75, 3.05) is 13.1 Å². The summed E-state index contributed by atoms with van der Waals surface area (Å²) in [4.78, 5) is 26.6. The minimum atomic E-state index is -0.0985. The quantitative estimate of drug-likeness (QED) is 0.408. The average Bonchev–Trinajstić information content (AvgIpc) is 2.59. The van der Waals surface area contributed by atoms with Gasteiger partial charge in [0.25, 0.3) is 0 Å². The highest BCUT2D eigenvalue weighted by molar-refractivity contribution is 5.74. The topological polar surface area (TPSA) is 70.6 Å². The number of rotatable bonds is 8. The molecule has 2 rings (SSSR count). The van der Waals surface area contributed by atoms with Crippen molar-refractivity contribution >= 4 is 12.1 Å². The van der Waals surface area contributed by atoms with Crippen LogP contribution in [0.25, 0.3) is 0 Å². The van der Waals surface area contributed by atoms with Gasteiger partial charge < -0.3 is 10.6 Å². The Morgan fingerprint density at radius 1 is 1.19 bits per heavy atom. The van der Waals surface area contributed by atoms with E-state index in [1.54, 1.807) is 6.08 Å². The molecular formula is C22H33N3O2. The predicted octanol–water partition coefficient (Wildman–Crippen LogP) is 4.23. The summed E-state index contributed by atoms with van der Waals surface area (Å²) in [7, 11) is 0. The molecule has 1 aliphatic carbocycles. The van der Waals surface area contributed by atoms with Gasteiger partial charge in [0.15, 0.2) is 0 Å². The van der Waals surface area contributed by atoms with Crippen molar-refractivity contribution in [2.45, 2.75) is 65.3 Å². The van der Waals surface area contributed by atoms with Crippen molar-refractivity contribution in [1.82, 2.24) is 10.6 Å². The molecular weight excluding hydrogens is 338 g/mol. The molecule has 2 unspecified atom stereocenters. The molecule has 148 valence electrons. The molecule has 0 spiro atoms. The van der Waals surface area contributed by atoms with E-state index in [4.69, 9.17) is 0 Å². The zero-order chi connectivity index (χ0) is 19.8. The van der Waals surface area contributed by atoms with Crippen LogP contribution in [0.1, 0.15) is 58.4 Å². The number of urea groups is 1. The first kappa shape index (κ1) is 21.2. The zero-order valence-electron chi connectivity index (χ0n) is 16.9. The van der Waals surface area contributed by atoms with Gasteiger partial charge >= 0.3 is 6.03 Å². The molecule has 0 aliphatic heterocycles. The van der Waals surface area contributed by atoms with Crippen molar-refractivity contribution in [3.63, 3.8) is 0 Å². The van der Waals surface area contributed by atoms with Gasteiger partial charge in [-0.15, -0.1) is 0 Å². The third-order valence-corrected chi connectivity index (χ3v) is 5.32. The molecule has 1 aromatic carbocycles. The van der Waals surface area contributed by atoms with Crippen LogP contribution < -0.4 is 10.6 Å². The Morgan fingerprint density at radius 3 is 2.63 bits per heavy atom. The van der Waals surface area contributed by atoms with Gasteiger partial charge in [-0.25, -0.2) is 14.6 Å². The van der Waals surface area contributed by atoms with Crippen LogP contribution in [0.15, 0.2) is 35.3 Å². The van der Waals surface area contributed by atoms with Crippen LogP contribution >= 0.6 is 0 Å². The Balaban J connectivity index is 1.72. The molecule has 27 heavy (non-hydrogen) atoms. The number of isocyanates is 1. The van der Waals surface area contributed by atoms with Crippen molar-refractivity contribution < 1.29 is 9.59 Å². The Morgan fingerprint density at radius 2 is 1.93 bits per heavy atom. The number of carbonyl (C=O) groups is 1. The van der Waals surface area contributed by atoms with Crippen LogP contribution in [0.3, 0.4) is 0 Å². The lowest BCUT2D eigenvalue weighted by atomic mass is 9.62. The molecule has 1 aromatic rings. The van der Waals surface area contributed by atoms with E-state index in [1.807, 2.05) is 6.07 Å². The van der Waals surface area contributed by atoms with E-state index in [0.717, 1.165) is 38.5 Å². The minimum absolute atomic E-state index is 0.0766. The van der Waals surface area contributed by atoms with E-state index in [2.05, 4.69) is 60.7 Å². The van der Waals surface area contributed by atoms with Crippen molar-refractivity contribution in [1.29, 1.82) is 0 Å². The monoisotopic (exact) mass is 371 g/mol. The number of aryl methyl sites for hydroxylation is 1. The number of aliphatic imine (C=N–C) groups is 1. The predicted molar refractivity (Wildman–Crippen MR) is 108 cm³/mol. The lowest BCUT2D eigenvalue weighted by molar-refractivity contribution is 0.0807. The van der Waals surface area contributed by atoms with E-state index in [9.17, 15) is 9.59 Å². The zero-order valence-corrected chi connectivity index (χ0v) is 16.9. The van der Waals surface area contributed by atoms with E-state index < -0.39 is 0 Å². The molecule has 0 radical (unpaired) electrons. The fourth-order valence-electron chi connectivity index (χ4n) is 4.62.